The first-order valence-corrected chi connectivity index (χ1v) is 8.64. The van der Waals surface area contributed by atoms with Crippen LogP contribution in [0.3, 0.4) is 0 Å². The Bertz CT molecular complexity index is 835. The summed E-state index contributed by atoms with van der Waals surface area (Å²) in [5.41, 5.74) is -1.53. The monoisotopic (exact) mass is 383 g/mol. The molecule has 11 nitrogen and oxygen atoms in total. The number of phenols is 1. The summed E-state index contributed by atoms with van der Waals surface area (Å²) in [6.45, 7) is 4.00. The van der Waals surface area contributed by atoms with Crippen LogP contribution in [0.2, 0.25) is 0 Å². The van der Waals surface area contributed by atoms with Gasteiger partial charge in [0.05, 0.1) is 4.92 Å². The molecule has 0 radical (unpaired) electrons. The Morgan fingerprint density at radius 3 is 2.42 bits per heavy atom. The van der Waals surface area contributed by atoms with Gasteiger partial charge in [-0.3, -0.25) is 14.9 Å². The number of likely N-dealkylation sites (N-methyl/N-ethyl adjacent to an activating group) is 1. The first-order valence-electron chi connectivity index (χ1n) is 7.18. The minimum absolute atomic E-state index is 0.185. The van der Waals surface area contributed by atoms with E-state index in [9.17, 15) is 34.4 Å². The molecule has 1 aromatic carbocycles. The van der Waals surface area contributed by atoms with Gasteiger partial charge in [-0.05, 0) is 31.6 Å². The summed E-state index contributed by atoms with van der Waals surface area (Å²) in [5, 5.41) is 29.8. The number of hydrogen-bond acceptors (Lipinski definition) is 9. The van der Waals surface area contributed by atoms with Gasteiger partial charge >= 0.3 is 5.69 Å². The number of carbonyl (C=O) groups excluding carboxylic acids is 1. The maximum atomic E-state index is 12.2. The van der Waals surface area contributed by atoms with Crippen molar-refractivity contribution in [2.24, 2.45) is 0 Å². The predicted octanol–water partition coefficient (Wildman–Crippen LogP) is 0.283. The van der Waals surface area contributed by atoms with Crippen molar-refractivity contribution in [1.29, 1.82) is 5.26 Å². The van der Waals surface area contributed by atoms with Gasteiger partial charge in [-0.1, -0.05) is 0 Å². The number of nitro benzene ring substituents is 1. The van der Waals surface area contributed by atoms with Gasteiger partial charge in [0.1, 0.15) is 19.5 Å². The summed E-state index contributed by atoms with van der Waals surface area (Å²) >= 11 is 0. The third kappa shape index (κ3) is 5.29. The number of carbonyl (C=O) groups is 1. The molecular formula is C14H14N3O8P-2. The number of phenolic OH excluding ortho intramolecular Hbond substituents is 1. The van der Waals surface area contributed by atoms with Crippen molar-refractivity contribution in [2.45, 2.75) is 13.8 Å². The molecule has 26 heavy (non-hydrogen) atoms. The average Bonchev–Trinajstić information content (AvgIpc) is 2.54. The molecule has 0 atom stereocenters. The quantitative estimate of drug-likeness (QED) is 0.227. The van der Waals surface area contributed by atoms with Crippen molar-refractivity contribution in [3.05, 3.63) is 33.4 Å². The first kappa shape index (κ1) is 21.1. The summed E-state index contributed by atoms with van der Waals surface area (Å²) in [6, 6.07) is 3.24. The molecule has 1 aromatic rings. The Morgan fingerprint density at radius 1 is 1.42 bits per heavy atom. The van der Waals surface area contributed by atoms with Crippen LogP contribution >= 0.6 is 7.82 Å². The van der Waals surface area contributed by atoms with Crippen molar-refractivity contribution in [3.63, 3.8) is 0 Å². The number of aromatic hydroxyl groups is 1. The minimum atomic E-state index is -5.61. The predicted molar refractivity (Wildman–Crippen MR) is 84.5 cm³/mol. The zero-order valence-corrected chi connectivity index (χ0v) is 14.6. The molecule has 0 saturated carbocycles. The molecule has 12 heteroatoms. The number of nitrogens with zero attached hydrogens (tertiary/aromatic N) is 3. The molecule has 0 spiro atoms. The molecule has 1 amide bonds. The second-order valence-corrected chi connectivity index (χ2v) is 5.91. The fraction of sp³-hybridized carbons (Fsp3) is 0.286. The summed E-state index contributed by atoms with van der Waals surface area (Å²) in [7, 11) is -5.61. The van der Waals surface area contributed by atoms with Crippen molar-refractivity contribution >= 4 is 25.5 Å². The van der Waals surface area contributed by atoms with Crippen LogP contribution in [0.15, 0.2) is 17.7 Å². The van der Waals surface area contributed by atoms with Crippen LogP contribution in [0.1, 0.15) is 19.4 Å². The van der Waals surface area contributed by atoms with Crippen LogP contribution in [-0.4, -0.2) is 33.9 Å². The van der Waals surface area contributed by atoms with E-state index < -0.39 is 35.8 Å². The maximum Gasteiger partial charge on any atom is 0.315 e. The molecule has 0 heterocycles. The first-order chi connectivity index (χ1) is 12.0. The Hall–Kier alpha value is -2.93. The zero-order chi connectivity index (χ0) is 20.1. The number of benzene rings is 1. The molecular weight excluding hydrogens is 369 g/mol. The molecule has 1 N–H and O–H groups in total. The van der Waals surface area contributed by atoms with Crippen LogP contribution in [0.4, 0.5) is 5.69 Å². The lowest BCUT2D eigenvalue weighted by molar-refractivity contribution is -0.386. The Balaban J connectivity index is 3.51. The van der Waals surface area contributed by atoms with Crippen molar-refractivity contribution in [2.75, 3.05) is 13.1 Å². The molecule has 0 aliphatic rings. The molecule has 0 aliphatic heterocycles. The van der Waals surface area contributed by atoms with Crippen molar-refractivity contribution in [1.82, 2.24) is 4.90 Å². The fourth-order valence-corrected chi connectivity index (χ4v) is 2.40. The summed E-state index contributed by atoms with van der Waals surface area (Å²) in [5.74, 6) is -2.80. The minimum Gasteiger partial charge on any atom is -0.780 e. The van der Waals surface area contributed by atoms with Gasteiger partial charge in [0.25, 0.3) is 5.91 Å². The van der Waals surface area contributed by atoms with Gasteiger partial charge in [0, 0.05) is 19.2 Å². The molecule has 0 fully saturated rings. The van der Waals surface area contributed by atoms with Gasteiger partial charge < -0.3 is 28.9 Å². The van der Waals surface area contributed by atoms with Gasteiger partial charge in [-0.2, -0.15) is 5.26 Å². The van der Waals surface area contributed by atoms with Crippen LogP contribution in [0.5, 0.6) is 11.5 Å². The van der Waals surface area contributed by atoms with Gasteiger partial charge in [-0.25, -0.2) is 0 Å². The van der Waals surface area contributed by atoms with Gasteiger partial charge in [0.15, 0.2) is 5.75 Å². The van der Waals surface area contributed by atoms with Gasteiger partial charge in [0.2, 0.25) is 5.75 Å². The number of nitriles is 1. The van der Waals surface area contributed by atoms with E-state index in [0.29, 0.717) is 13.1 Å². The lowest BCUT2D eigenvalue weighted by Crippen LogP contribution is -2.31. The Kier molecular flexibility index (Phi) is 6.85. The Labute approximate surface area is 148 Å². The van der Waals surface area contributed by atoms with Crippen LogP contribution < -0.4 is 14.3 Å². The third-order valence-electron chi connectivity index (χ3n) is 3.20. The molecule has 1 rings (SSSR count). The zero-order valence-electron chi connectivity index (χ0n) is 13.7. The normalized spacial score (nSPS) is 11.6. The highest BCUT2D eigenvalue weighted by Crippen LogP contribution is 2.42. The second-order valence-electron chi connectivity index (χ2n) is 4.83. The number of nitro groups is 1. The summed E-state index contributed by atoms with van der Waals surface area (Å²) < 4.78 is 14.8. The molecule has 0 saturated heterocycles. The number of phosphoric ester groups is 1. The van der Waals surface area contributed by atoms with Crippen LogP contribution in [0, 0.1) is 21.4 Å². The number of rotatable bonds is 7. The van der Waals surface area contributed by atoms with E-state index in [1.54, 1.807) is 19.9 Å². The number of phosphoric acid groups is 1. The highest BCUT2D eigenvalue weighted by Gasteiger charge is 2.22. The van der Waals surface area contributed by atoms with E-state index in [4.69, 9.17) is 5.26 Å². The highest BCUT2D eigenvalue weighted by atomic mass is 31.2. The van der Waals surface area contributed by atoms with E-state index in [1.807, 2.05) is 0 Å². The second kappa shape index (κ2) is 8.44. The van der Waals surface area contributed by atoms with E-state index >= 15 is 0 Å². The van der Waals surface area contributed by atoms with Crippen LogP contribution in [0.25, 0.3) is 6.08 Å². The van der Waals surface area contributed by atoms with E-state index in [0.717, 1.165) is 18.2 Å². The van der Waals surface area contributed by atoms with E-state index in [2.05, 4.69) is 4.52 Å². The SMILES string of the molecule is CCN(CC)C(=O)/C(C#N)=C/c1cc(OP(=O)([O-])[O-])c(O)c([N+](=O)[O-])c1. The third-order valence-corrected chi connectivity index (χ3v) is 3.62. The summed E-state index contributed by atoms with van der Waals surface area (Å²) in [4.78, 5) is 45.0. The molecule has 140 valence electrons. The average molecular weight is 383 g/mol. The smallest absolute Gasteiger partial charge is 0.315 e. The standard InChI is InChI=1S/C14H16N3O8P/c1-3-16(4-2)14(19)10(8-15)5-9-6-11(17(20)21)13(18)12(7-9)25-26(22,23)24/h5-7,18H,3-4H2,1-2H3,(H2,22,23,24)/p-2/b10-5+. The fourth-order valence-electron chi connectivity index (χ4n) is 2.02. The maximum absolute atomic E-state index is 12.2. The largest absolute Gasteiger partial charge is 0.780 e. The van der Waals surface area contributed by atoms with E-state index in [-0.39, 0.29) is 11.1 Å². The molecule has 0 bridgehead atoms. The molecule has 0 aliphatic carbocycles. The molecule has 0 unspecified atom stereocenters. The lowest BCUT2D eigenvalue weighted by Gasteiger charge is -2.29. The number of hydrogen-bond donors (Lipinski definition) is 1. The summed E-state index contributed by atoms with van der Waals surface area (Å²) in [6.07, 6.45) is 0.959. The van der Waals surface area contributed by atoms with Crippen LogP contribution in [-0.2, 0) is 9.36 Å². The number of amides is 1. The Morgan fingerprint density at radius 2 is 2.00 bits per heavy atom. The van der Waals surface area contributed by atoms with Crippen molar-refractivity contribution in [3.8, 4) is 17.6 Å². The lowest BCUT2D eigenvalue weighted by atomic mass is 10.1. The topological polar surface area (TPSA) is 180 Å². The van der Waals surface area contributed by atoms with Gasteiger partial charge in [-0.15, -0.1) is 0 Å². The molecule has 0 aromatic heterocycles. The van der Waals surface area contributed by atoms with Crippen molar-refractivity contribution < 1.29 is 33.7 Å². The van der Waals surface area contributed by atoms with E-state index in [1.165, 1.54) is 4.90 Å². The highest BCUT2D eigenvalue weighted by molar-refractivity contribution is 7.43.